The van der Waals surface area contributed by atoms with E-state index in [9.17, 15) is 22.4 Å². The zero-order chi connectivity index (χ0) is 10.6. The summed E-state index contributed by atoms with van der Waals surface area (Å²) < 4.78 is 47.4. The van der Waals surface area contributed by atoms with Crippen LogP contribution in [0.15, 0.2) is 0 Å². The third kappa shape index (κ3) is 4.07. The Morgan fingerprint density at radius 3 is 2.31 bits per heavy atom. The van der Waals surface area contributed by atoms with Crippen LogP contribution in [0.1, 0.15) is 6.92 Å². The van der Waals surface area contributed by atoms with Crippen LogP contribution in [0, 0.1) is 0 Å². The van der Waals surface area contributed by atoms with E-state index < -0.39 is 30.8 Å². The Labute approximate surface area is 72.3 Å². The predicted octanol–water partition coefficient (Wildman–Crippen LogP) is 0.350. The highest BCUT2D eigenvalue weighted by Crippen LogP contribution is 2.21. The van der Waals surface area contributed by atoms with Gasteiger partial charge in [-0.15, -0.1) is 0 Å². The van der Waals surface area contributed by atoms with Gasteiger partial charge >= 0.3 is 12.3 Å². The fourth-order valence-electron chi connectivity index (χ4n) is 0.443. The Morgan fingerprint density at radius 2 is 2.00 bits per heavy atom. The minimum Gasteiger partial charge on any atom is -0.348 e. The van der Waals surface area contributed by atoms with E-state index >= 15 is 0 Å². The Kier molecular flexibility index (Phi) is 4.12. The molecule has 0 heterocycles. The average Bonchev–Trinajstić information content (AvgIpc) is 1.99. The molecular weight excluding hydrogens is 192 g/mol. The van der Waals surface area contributed by atoms with Crippen molar-refractivity contribution in [3.63, 3.8) is 0 Å². The molecule has 3 nitrogen and oxygen atoms in total. The van der Waals surface area contributed by atoms with Gasteiger partial charge in [0.25, 0.3) is 0 Å². The summed E-state index contributed by atoms with van der Waals surface area (Å²) in [5.41, 5.74) is 5.00. The first-order chi connectivity index (χ1) is 5.77. The van der Waals surface area contributed by atoms with Crippen LogP contribution >= 0.6 is 0 Å². The Morgan fingerprint density at radius 1 is 1.54 bits per heavy atom. The van der Waals surface area contributed by atoms with Crippen molar-refractivity contribution in [2.24, 2.45) is 5.73 Å². The highest BCUT2D eigenvalue weighted by molar-refractivity contribution is 5.80. The van der Waals surface area contributed by atoms with Crippen LogP contribution in [-0.2, 0) is 4.79 Å². The van der Waals surface area contributed by atoms with Gasteiger partial charge in [-0.05, 0) is 6.92 Å². The second kappa shape index (κ2) is 4.40. The summed E-state index contributed by atoms with van der Waals surface area (Å²) in [7, 11) is 0. The second-order valence-corrected chi connectivity index (χ2v) is 2.57. The van der Waals surface area contributed by atoms with Crippen molar-refractivity contribution in [2.75, 3.05) is 6.54 Å². The van der Waals surface area contributed by atoms with E-state index in [1.807, 2.05) is 0 Å². The van der Waals surface area contributed by atoms with Crippen molar-refractivity contribution >= 4 is 5.91 Å². The third-order valence-electron chi connectivity index (χ3n) is 1.23. The van der Waals surface area contributed by atoms with E-state index in [1.54, 1.807) is 5.32 Å². The number of carbonyl (C=O) groups excluding carboxylic acids is 1. The van der Waals surface area contributed by atoms with Gasteiger partial charge in [0.05, 0.1) is 12.6 Å². The molecule has 0 fully saturated rings. The zero-order valence-corrected chi connectivity index (χ0v) is 6.86. The largest absolute Gasteiger partial charge is 0.348 e. The first-order valence-electron chi connectivity index (χ1n) is 3.46. The lowest BCUT2D eigenvalue weighted by atomic mass is 10.3. The van der Waals surface area contributed by atoms with Crippen molar-refractivity contribution < 1.29 is 22.4 Å². The van der Waals surface area contributed by atoms with Gasteiger partial charge in [0, 0.05) is 0 Å². The molecule has 3 N–H and O–H groups in total. The highest BCUT2D eigenvalue weighted by Gasteiger charge is 2.40. The molecule has 0 aromatic rings. The van der Waals surface area contributed by atoms with E-state index in [0.717, 1.165) is 0 Å². The first kappa shape index (κ1) is 12.2. The number of carbonyl (C=O) groups is 1. The lowest BCUT2D eigenvalue weighted by Crippen LogP contribution is -2.46. The first-order valence-corrected chi connectivity index (χ1v) is 3.46. The molecule has 0 aromatic carbocycles. The van der Waals surface area contributed by atoms with E-state index in [-0.39, 0.29) is 0 Å². The molecule has 0 saturated heterocycles. The van der Waals surface area contributed by atoms with E-state index in [1.165, 1.54) is 6.92 Å². The van der Waals surface area contributed by atoms with Crippen LogP contribution in [0.5, 0.6) is 0 Å². The number of nitrogens with two attached hydrogens (primary N) is 1. The molecule has 0 aliphatic carbocycles. The van der Waals surface area contributed by atoms with E-state index in [2.05, 4.69) is 0 Å². The molecule has 0 bridgehead atoms. The SMILES string of the molecule is C[C@H](N)C(=O)NCC(F)(F)C(F)F. The van der Waals surface area contributed by atoms with Crippen molar-refractivity contribution in [3.8, 4) is 0 Å². The number of hydrogen-bond acceptors (Lipinski definition) is 2. The summed E-state index contributed by atoms with van der Waals surface area (Å²) >= 11 is 0. The zero-order valence-electron chi connectivity index (χ0n) is 6.86. The molecule has 0 aromatic heterocycles. The summed E-state index contributed by atoms with van der Waals surface area (Å²) in [6.45, 7) is -0.138. The highest BCUT2D eigenvalue weighted by atomic mass is 19.3. The van der Waals surface area contributed by atoms with Crippen molar-refractivity contribution in [1.29, 1.82) is 0 Å². The number of halogens is 4. The maximum Gasteiger partial charge on any atom is 0.324 e. The van der Waals surface area contributed by atoms with Crippen LogP contribution in [0.2, 0.25) is 0 Å². The number of hydrogen-bond donors (Lipinski definition) is 2. The molecule has 1 atom stereocenters. The molecule has 0 radical (unpaired) electrons. The molecule has 0 aliphatic rings. The van der Waals surface area contributed by atoms with Crippen molar-refractivity contribution in [2.45, 2.75) is 25.3 Å². The third-order valence-corrected chi connectivity index (χ3v) is 1.23. The topological polar surface area (TPSA) is 55.1 Å². The smallest absolute Gasteiger partial charge is 0.324 e. The van der Waals surface area contributed by atoms with Crippen molar-refractivity contribution in [3.05, 3.63) is 0 Å². The monoisotopic (exact) mass is 202 g/mol. The maximum atomic E-state index is 12.2. The van der Waals surface area contributed by atoms with E-state index in [4.69, 9.17) is 5.73 Å². The van der Waals surface area contributed by atoms with Crippen LogP contribution in [0.4, 0.5) is 17.6 Å². The van der Waals surface area contributed by atoms with Gasteiger partial charge in [0.2, 0.25) is 5.91 Å². The minimum atomic E-state index is -4.20. The van der Waals surface area contributed by atoms with Gasteiger partial charge in [-0.25, -0.2) is 8.78 Å². The summed E-state index contributed by atoms with van der Waals surface area (Å²) in [4.78, 5) is 10.6. The molecule has 7 heteroatoms. The molecule has 13 heavy (non-hydrogen) atoms. The summed E-state index contributed by atoms with van der Waals surface area (Å²) in [5, 5.41) is 1.61. The number of amides is 1. The Balaban J connectivity index is 3.95. The van der Waals surface area contributed by atoms with E-state index in [0.29, 0.717) is 0 Å². The normalized spacial score (nSPS) is 14.4. The Bertz CT molecular complexity index is 183. The van der Waals surface area contributed by atoms with Crippen LogP contribution in [-0.4, -0.2) is 30.8 Å². The molecule has 0 aliphatic heterocycles. The fraction of sp³-hybridized carbons (Fsp3) is 0.833. The van der Waals surface area contributed by atoms with Gasteiger partial charge in [-0.3, -0.25) is 4.79 Å². The molecule has 0 spiro atoms. The standard InChI is InChI=1S/C6H10F4N2O/c1-3(11)4(13)12-2-6(9,10)5(7)8/h3,5H,2,11H2,1H3,(H,12,13)/t3-/m0/s1. The number of nitrogens with one attached hydrogen (secondary N) is 1. The summed E-state index contributed by atoms with van der Waals surface area (Å²) in [6.07, 6.45) is -3.79. The maximum absolute atomic E-state index is 12.2. The quantitative estimate of drug-likeness (QED) is 0.646. The second-order valence-electron chi connectivity index (χ2n) is 2.57. The number of rotatable bonds is 4. The average molecular weight is 202 g/mol. The molecule has 78 valence electrons. The van der Waals surface area contributed by atoms with Crippen LogP contribution < -0.4 is 11.1 Å². The summed E-state index contributed by atoms with van der Waals surface area (Å²) in [5.74, 6) is -5.09. The molecule has 1 amide bonds. The summed E-state index contributed by atoms with van der Waals surface area (Å²) in [6, 6.07) is -0.992. The Hall–Kier alpha value is -0.850. The van der Waals surface area contributed by atoms with Gasteiger partial charge in [-0.1, -0.05) is 0 Å². The number of alkyl halides is 4. The lowest BCUT2D eigenvalue weighted by Gasteiger charge is -2.16. The van der Waals surface area contributed by atoms with Gasteiger partial charge in [0.15, 0.2) is 0 Å². The molecule has 0 saturated carbocycles. The minimum absolute atomic E-state index is 0.889. The van der Waals surface area contributed by atoms with Crippen LogP contribution in [0.3, 0.4) is 0 Å². The van der Waals surface area contributed by atoms with Crippen LogP contribution in [0.25, 0.3) is 0 Å². The van der Waals surface area contributed by atoms with Gasteiger partial charge in [0.1, 0.15) is 0 Å². The molecule has 0 rings (SSSR count). The predicted molar refractivity (Wildman–Crippen MR) is 37.6 cm³/mol. The van der Waals surface area contributed by atoms with Gasteiger partial charge in [-0.2, -0.15) is 8.78 Å². The molecular formula is C6H10F4N2O. The molecule has 0 unspecified atom stereocenters. The fourth-order valence-corrected chi connectivity index (χ4v) is 0.443. The van der Waals surface area contributed by atoms with Gasteiger partial charge < -0.3 is 11.1 Å². The van der Waals surface area contributed by atoms with Crippen molar-refractivity contribution in [1.82, 2.24) is 5.32 Å². The lowest BCUT2D eigenvalue weighted by molar-refractivity contribution is -0.136.